The first-order valence-electron chi connectivity index (χ1n) is 9.31. The van der Waals surface area contributed by atoms with Gasteiger partial charge in [-0.3, -0.25) is 4.90 Å². The quantitative estimate of drug-likeness (QED) is 0.815. The van der Waals surface area contributed by atoms with Crippen molar-refractivity contribution in [2.45, 2.75) is 50.9 Å². The molecule has 0 saturated carbocycles. The predicted octanol–water partition coefficient (Wildman–Crippen LogP) is 3.23. The average Bonchev–Trinajstić information content (AvgIpc) is 2.98. The zero-order chi connectivity index (χ0) is 16.4. The van der Waals surface area contributed by atoms with Crippen LogP contribution in [0.4, 0.5) is 0 Å². The summed E-state index contributed by atoms with van der Waals surface area (Å²) < 4.78 is 17.9. The number of rotatable bonds is 5. The summed E-state index contributed by atoms with van der Waals surface area (Å²) in [4.78, 5) is 4.01. The zero-order valence-corrected chi connectivity index (χ0v) is 15.5. The van der Waals surface area contributed by atoms with Crippen molar-refractivity contribution < 1.29 is 14.2 Å². The highest BCUT2D eigenvalue weighted by Gasteiger charge is 2.47. The van der Waals surface area contributed by atoms with Crippen molar-refractivity contribution in [3.05, 3.63) is 21.9 Å². The van der Waals surface area contributed by atoms with Gasteiger partial charge in [-0.2, -0.15) is 0 Å². The molecule has 134 valence electrons. The third-order valence-corrected chi connectivity index (χ3v) is 6.72. The van der Waals surface area contributed by atoms with E-state index >= 15 is 0 Å². The molecule has 1 atom stereocenters. The summed E-state index contributed by atoms with van der Waals surface area (Å²) in [5, 5.41) is 2.19. The lowest BCUT2D eigenvalue weighted by Crippen LogP contribution is -2.65. The molecule has 0 aliphatic carbocycles. The molecule has 3 aliphatic rings. The predicted molar refractivity (Wildman–Crippen MR) is 95.5 cm³/mol. The summed E-state index contributed by atoms with van der Waals surface area (Å²) in [5.41, 5.74) is 1.48. The largest absolute Gasteiger partial charge is 0.381 e. The fourth-order valence-corrected chi connectivity index (χ4v) is 5.13. The molecule has 0 N–H and O–H groups in total. The second-order valence-electron chi connectivity index (χ2n) is 7.71. The molecule has 1 aromatic heterocycles. The van der Waals surface area contributed by atoms with Gasteiger partial charge >= 0.3 is 0 Å². The van der Waals surface area contributed by atoms with Gasteiger partial charge in [-0.1, -0.05) is 0 Å². The second-order valence-corrected chi connectivity index (χ2v) is 8.71. The lowest BCUT2D eigenvalue weighted by molar-refractivity contribution is -0.201. The van der Waals surface area contributed by atoms with Gasteiger partial charge in [0.15, 0.2) is 0 Å². The van der Waals surface area contributed by atoms with Gasteiger partial charge in [-0.25, -0.2) is 0 Å². The van der Waals surface area contributed by atoms with Gasteiger partial charge in [-0.05, 0) is 49.1 Å². The smallest absolute Gasteiger partial charge is 0.0959 e. The van der Waals surface area contributed by atoms with E-state index in [1.165, 1.54) is 10.4 Å². The fourth-order valence-electron chi connectivity index (χ4n) is 4.18. The Hall–Kier alpha value is -0.460. The van der Waals surface area contributed by atoms with Crippen LogP contribution in [0.5, 0.6) is 0 Å². The Morgan fingerprint density at radius 3 is 2.83 bits per heavy atom. The first kappa shape index (κ1) is 17.0. The van der Waals surface area contributed by atoms with Crippen LogP contribution in [-0.2, 0) is 20.8 Å². The van der Waals surface area contributed by atoms with Crippen LogP contribution in [0.15, 0.2) is 11.4 Å². The minimum Gasteiger partial charge on any atom is -0.381 e. The Morgan fingerprint density at radius 2 is 2.08 bits per heavy atom. The Kier molecular flexibility index (Phi) is 5.25. The number of nitrogens with zero attached hydrogens (tertiary/aromatic N) is 1. The van der Waals surface area contributed by atoms with E-state index in [2.05, 4.69) is 23.3 Å². The summed E-state index contributed by atoms with van der Waals surface area (Å²) in [7, 11) is 0. The van der Waals surface area contributed by atoms with E-state index in [-0.39, 0.29) is 5.60 Å². The fraction of sp³-hybridized carbons (Fsp3) is 0.789. The molecular formula is C19H29NO3S. The van der Waals surface area contributed by atoms with Crippen LogP contribution in [0.3, 0.4) is 0 Å². The van der Waals surface area contributed by atoms with Crippen molar-refractivity contribution >= 4 is 11.3 Å². The van der Waals surface area contributed by atoms with E-state index in [4.69, 9.17) is 14.2 Å². The van der Waals surface area contributed by atoms with Crippen molar-refractivity contribution in [1.29, 1.82) is 0 Å². The molecule has 5 heteroatoms. The van der Waals surface area contributed by atoms with Gasteiger partial charge in [0.2, 0.25) is 0 Å². The third kappa shape index (κ3) is 3.86. The van der Waals surface area contributed by atoms with Crippen LogP contribution in [-0.4, -0.2) is 56.1 Å². The van der Waals surface area contributed by atoms with Crippen molar-refractivity contribution in [3.8, 4) is 0 Å². The molecule has 0 radical (unpaired) electrons. The number of aryl methyl sites for hydroxylation is 1. The lowest BCUT2D eigenvalue weighted by Gasteiger charge is -2.53. The number of hydrogen-bond acceptors (Lipinski definition) is 5. The minimum atomic E-state index is 0.0593. The molecule has 24 heavy (non-hydrogen) atoms. The van der Waals surface area contributed by atoms with Crippen LogP contribution in [0.25, 0.3) is 0 Å². The molecule has 4 heterocycles. The number of ether oxygens (including phenoxy) is 3. The maximum absolute atomic E-state index is 6.26. The van der Waals surface area contributed by atoms with E-state index < -0.39 is 0 Å². The molecule has 3 saturated heterocycles. The summed E-state index contributed by atoms with van der Waals surface area (Å²) in [6, 6.07) is 2.22. The first-order valence-corrected chi connectivity index (χ1v) is 10.2. The summed E-state index contributed by atoms with van der Waals surface area (Å²) in [5.74, 6) is 0.692. The van der Waals surface area contributed by atoms with Crippen molar-refractivity contribution in [3.63, 3.8) is 0 Å². The van der Waals surface area contributed by atoms with Gasteiger partial charge < -0.3 is 14.2 Å². The molecule has 0 aromatic carbocycles. The number of likely N-dealkylation sites (tertiary alicyclic amines) is 1. The molecule has 3 fully saturated rings. The Bertz CT molecular complexity index is 534. The van der Waals surface area contributed by atoms with E-state index in [0.29, 0.717) is 12.0 Å². The molecule has 0 unspecified atom stereocenters. The highest BCUT2D eigenvalue weighted by Crippen LogP contribution is 2.37. The number of hydrogen-bond donors (Lipinski definition) is 0. The lowest BCUT2D eigenvalue weighted by atomic mass is 9.84. The molecular weight excluding hydrogens is 322 g/mol. The molecule has 0 amide bonds. The van der Waals surface area contributed by atoms with Crippen LogP contribution < -0.4 is 0 Å². The van der Waals surface area contributed by atoms with Gasteiger partial charge in [0, 0.05) is 57.4 Å². The molecule has 3 aliphatic heterocycles. The molecule has 4 nitrogen and oxygen atoms in total. The number of thiophene rings is 1. The summed E-state index contributed by atoms with van der Waals surface area (Å²) >= 11 is 1.87. The van der Waals surface area contributed by atoms with Crippen molar-refractivity contribution in [2.24, 2.45) is 5.92 Å². The van der Waals surface area contributed by atoms with Crippen LogP contribution in [0, 0.1) is 12.8 Å². The van der Waals surface area contributed by atoms with E-state index in [1.54, 1.807) is 0 Å². The average molecular weight is 352 g/mol. The van der Waals surface area contributed by atoms with Crippen molar-refractivity contribution in [1.82, 2.24) is 4.90 Å². The minimum absolute atomic E-state index is 0.0593. The van der Waals surface area contributed by atoms with Gasteiger partial charge in [-0.15, -0.1) is 11.3 Å². The van der Waals surface area contributed by atoms with E-state index in [0.717, 1.165) is 71.7 Å². The van der Waals surface area contributed by atoms with Gasteiger partial charge in [0.1, 0.15) is 0 Å². The zero-order valence-electron chi connectivity index (χ0n) is 14.7. The normalized spacial score (nSPS) is 28.1. The van der Waals surface area contributed by atoms with Crippen LogP contribution >= 0.6 is 11.3 Å². The van der Waals surface area contributed by atoms with Gasteiger partial charge in [0.25, 0.3) is 0 Å². The Labute approximate surface area is 149 Å². The first-order chi connectivity index (χ1) is 11.7. The standard InChI is InChI=1S/C19H29NO3S/c1-15-5-9-24-18(15)11-20-13-19(14-20)10-17(4-8-23-19)22-12-16-2-6-21-7-3-16/h5,9,16-17H,2-4,6-8,10-14H2,1H3/t17-/m0/s1. The van der Waals surface area contributed by atoms with Crippen molar-refractivity contribution in [2.75, 3.05) is 39.5 Å². The summed E-state index contributed by atoms with van der Waals surface area (Å²) in [6.45, 7) is 8.96. The highest BCUT2D eigenvalue weighted by molar-refractivity contribution is 7.10. The molecule has 4 rings (SSSR count). The highest BCUT2D eigenvalue weighted by atomic mass is 32.1. The van der Waals surface area contributed by atoms with E-state index in [9.17, 15) is 0 Å². The van der Waals surface area contributed by atoms with Crippen LogP contribution in [0.2, 0.25) is 0 Å². The molecule has 0 bridgehead atoms. The SMILES string of the molecule is Cc1ccsc1CN1CC2(C[C@@H](OCC3CCOCC3)CCO2)C1. The Morgan fingerprint density at radius 1 is 1.25 bits per heavy atom. The topological polar surface area (TPSA) is 30.9 Å². The van der Waals surface area contributed by atoms with Gasteiger partial charge in [0.05, 0.1) is 11.7 Å². The summed E-state index contributed by atoms with van der Waals surface area (Å²) in [6.07, 6.45) is 4.81. The second kappa shape index (κ2) is 7.42. The Balaban J connectivity index is 1.23. The monoisotopic (exact) mass is 351 g/mol. The maximum atomic E-state index is 6.26. The molecule has 1 aromatic rings. The van der Waals surface area contributed by atoms with Crippen LogP contribution in [0.1, 0.15) is 36.1 Å². The van der Waals surface area contributed by atoms with E-state index in [1.807, 2.05) is 11.3 Å². The molecule has 1 spiro atoms. The third-order valence-electron chi connectivity index (χ3n) is 5.72. The maximum Gasteiger partial charge on any atom is 0.0959 e.